The van der Waals surface area contributed by atoms with E-state index in [4.69, 9.17) is 0 Å². The monoisotopic (exact) mass is 335 g/mol. The van der Waals surface area contributed by atoms with Crippen LogP contribution >= 0.6 is 22.7 Å². The molecule has 1 fully saturated rings. The van der Waals surface area contributed by atoms with Crippen LogP contribution in [0.25, 0.3) is 0 Å². The molecule has 3 heterocycles. The number of rotatable bonds is 4. The van der Waals surface area contributed by atoms with Gasteiger partial charge in [-0.2, -0.15) is 0 Å². The Morgan fingerprint density at radius 3 is 3.05 bits per heavy atom. The van der Waals surface area contributed by atoms with E-state index in [1.165, 1.54) is 11.3 Å². The third kappa shape index (κ3) is 3.55. The predicted molar refractivity (Wildman–Crippen MR) is 90.6 cm³/mol. The van der Waals surface area contributed by atoms with Crippen LogP contribution in [0.1, 0.15) is 52.3 Å². The Hall–Kier alpha value is -1.27. The molecule has 1 aliphatic heterocycles. The molecule has 6 heteroatoms. The standard InChI is InChI=1S/C16H21N3OS2/c1-11(2)9-14-17-18-15(22-14)12-5-3-7-19(10-12)16(20)13-6-4-8-21-13/h4,6,8,11-12H,3,5,7,9-10H2,1-2H3. The molecule has 1 aliphatic rings. The van der Waals surface area contributed by atoms with Gasteiger partial charge in [0.15, 0.2) is 0 Å². The Morgan fingerprint density at radius 2 is 2.32 bits per heavy atom. The van der Waals surface area contributed by atoms with Crippen molar-refractivity contribution in [1.29, 1.82) is 0 Å². The van der Waals surface area contributed by atoms with E-state index in [2.05, 4.69) is 24.0 Å². The number of carbonyl (C=O) groups excluding carboxylic acids is 1. The zero-order chi connectivity index (χ0) is 15.5. The highest BCUT2D eigenvalue weighted by atomic mass is 32.1. The molecule has 3 rings (SSSR count). The second-order valence-corrected chi connectivity index (χ2v) is 8.24. The topological polar surface area (TPSA) is 46.1 Å². The lowest BCUT2D eigenvalue weighted by Gasteiger charge is -2.31. The number of aromatic nitrogens is 2. The lowest BCUT2D eigenvalue weighted by atomic mass is 9.98. The maximum atomic E-state index is 12.5. The van der Waals surface area contributed by atoms with E-state index < -0.39 is 0 Å². The summed E-state index contributed by atoms with van der Waals surface area (Å²) < 4.78 is 0. The second-order valence-electron chi connectivity index (χ2n) is 6.20. The minimum Gasteiger partial charge on any atom is -0.337 e. The SMILES string of the molecule is CC(C)Cc1nnc(C2CCCN(C(=O)c3cccs3)C2)s1. The molecule has 0 radical (unpaired) electrons. The van der Waals surface area contributed by atoms with Crippen molar-refractivity contribution >= 4 is 28.6 Å². The van der Waals surface area contributed by atoms with Crippen LogP contribution < -0.4 is 0 Å². The van der Waals surface area contributed by atoms with Gasteiger partial charge in [-0.15, -0.1) is 32.9 Å². The molecule has 4 nitrogen and oxygen atoms in total. The first-order valence-corrected chi connectivity index (χ1v) is 9.48. The molecule has 2 aromatic heterocycles. The number of thiophene rings is 1. The van der Waals surface area contributed by atoms with Crippen molar-refractivity contribution in [3.8, 4) is 0 Å². The molecule has 2 aromatic rings. The minimum atomic E-state index is 0.159. The first-order chi connectivity index (χ1) is 10.6. The number of hydrogen-bond acceptors (Lipinski definition) is 5. The number of carbonyl (C=O) groups is 1. The molecule has 1 saturated heterocycles. The van der Waals surface area contributed by atoms with E-state index >= 15 is 0 Å². The van der Waals surface area contributed by atoms with Crippen molar-refractivity contribution in [2.24, 2.45) is 5.92 Å². The van der Waals surface area contributed by atoms with Crippen molar-refractivity contribution in [2.75, 3.05) is 13.1 Å². The van der Waals surface area contributed by atoms with Gasteiger partial charge in [0, 0.05) is 25.4 Å². The summed E-state index contributed by atoms with van der Waals surface area (Å²) in [6.45, 7) is 6.02. The van der Waals surface area contributed by atoms with Gasteiger partial charge in [0.05, 0.1) is 4.88 Å². The highest BCUT2D eigenvalue weighted by Gasteiger charge is 2.28. The van der Waals surface area contributed by atoms with Crippen LogP contribution in [0.5, 0.6) is 0 Å². The van der Waals surface area contributed by atoms with Crippen molar-refractivity contribution in [3.63, 3.8) is 0 Å². The Bertz CT molecular complexity index is 621. The molecule has 1 amide bonds. The van der Waals surface area contributed by atoms with Crippen LogP contribution in [-0.2, 0) is 6.42 Å². The van der Waals surface area contributed by atoms with Gasteiger partial charge >= 0.3 is 0 Å². The largest absolute Gasteiger partial charge is 0.337 e. The first kappa shape index (κ1) is 15.6. The van der Waals surface area contributed by atoms with E-state index in [-0.39, 0.29) is 5.91 Å². The Balaban J connectivity index is 1.67. The number of amides is 1. The van der Waals surface area contributed by atoms with Crippen molar-refractivity contribution in [2.45, 2.75) is 39.0 Å². The summed E-state index contributed by atoms with van der Waals surface area (Å²) in [6, 6.07) is 3.84. The number of hydrogen-bond donors (Lipinski definition) is 0. The van der Waals surface area contributed by atoms with Gasteiger partial charge in [-0.3, -0.25) is 4.79 Å². The summed E-state index contributed by atoms with van der Waals surface area (Å²) in [6.07, 6.45) is 3.13. The Morgan fingerprint density at radius 1 is 1.45 bits per heavy atom. The Kier molecular flexibility index (Phi) is 4.88. The average molecular weight is 335 g/mol. The molecular formula is C16H21N3OS2. The van der Waals surface area contributed by atoms with E-state index in [1.54, 1.807) is 11.3 Å². The molecule has 0 N–H and O–H groups in total. The summed E-state index contributed by atoms with van der Waals surface area (Å²) in [5.74, 6) is 1.10. The molecule has 1 unspecified atom stereocenters. The third-order valence-corrected chi connectivity index (χ3v) is 5.82. The van der Waals surface area contributed by atoms with Gasteiger partial charge in [0.25, 0.3) is 5.91 Å². The summed E-state index contributed by atoms with van der Waals surface area (Å²) in [5.41, 5.74) is 0. The first-order valence-electron chi connectivity index (χ1n) is 7.78. The quantitative estimate of drug-likeness (QED) is 0.853. The van der Waals surface area contributed by atoms with Crippen molar-refractivity contribution in [3.05, 3.63) is 32.4 Å². The Labute approximate surface area is 139 Å². The van der Waals surface area contributed by atoms with E-state index in [1.807, 2.05) is 22.4 Å². The maximum absolute atomic E-state index is 12.5. The molecular weight excluding hydrogens is 314 g/mol. The predicted octanol–water partition coefficient (Wildman–Crippen LogP) is 3.82. The normalized spacial score (nSPS) is 18.9. The lowest BCUT2D eigenvalue weighted by molar-refractivity contribution is 0.0712. The fourth-order valence-electron chi connectivity index (χ4n) is 2.78. The highest BCUT2D eigenvalue weighted by Crippen LogP contribution is 2.30. The van der Waals surface area contributed by atoms with Gasteiger partial charge in [-0.05, 0) is 30.2 Å². The van der Waals surface area contributed by atoms with Crippen LogP contribution in [0.4, 0.5) is 0 Å². The molecule has 0 saturated carbocycles. The summed E-state index contributed by atoms with van der Waals surface area (Å²) >= 11 is 3.24. The van der Waals surface area contributed by atoms with Gasteiger partial charge in [-0.1, -0.05) is 19.9 Å². The van der Waals surface area contributed by atoms with Crippen LogP contribution in [0.3, 0.4) is 0 Å². The molecule has 22 heavy (non-hydrogen) atoms. The average Bonchev–Trinajstić information content (AvgIpc) is 3.17. The van der Waals surface area contributed by atoms with Gasteiger partial charge < -0.3 is 4.90 Å². The third-order valence-electron chi connectivity index (χ3n) is 3.86. The van der Waals surface area contributed by atoms with Crippen LogP contribution in [-0.4, -0.2) is 34.1 Å². The summed E-state index contributed by atoms with van der Waals surface area (Å²) in [7, 11) is 0. The van der Waals surface area contributed by atoms with Crippen molar-refractivity contribution in [1.82, 2.24) is 15.1 Å². The van der Waals surface area contributed by atoms with Gasteiger partial charge in [0.1, 0.15) is 10.0 Å². The van der Waals surface area contributed by atoms with Crippen LogP contribution in [0, 0.1) is 5.92 Å². The molecule has 0 aliphatic carbocycles. The number of piperidine rings is 1. The van der Waals surface area contributed by atoms with Gasteiger partial charge in [-0.25, -0.2) is 0 Å². The summed E-state index contributed by atoms with van der Waals surface area (Å²) in [4.78, 5) is 15.3. The molecule has 0 spiro atoms. The van der Waals surface area contributed by atoms with Gasteiger partial charge in [0.2, 0.25) is 0 Å². The molecule has 118 valence electrons. The highest BCUT2D eigenvalue weighted by molar-refractivity contribution is 7.12. The number of nitrogens with zero attached hydrogens (tertiary/aromatic N) is 3. The van der Waals surface area contributed by atoms with Crippen LogP contribution in [0.2, 0.25) is 0 Å². The van der Waals surface area contributed by atoms with Crippen molar-refractivity contribution < 1.29 is 4.79 Å². The number of likely N-dealkylation sites (tertiary alicyclic amines) is 1. The molecule has 0 bridgehead atoms. The second kappa shape index (κ2) is 6.87. The zero-order valence-electron chi connectivity index (χ0n) is 13.0. The van der Waals surface area contributed by atoms with E-state index in [9.17, 15) is 4.79 Å². The maximum Gasteiger partial charge on any atom is 0.263 e. The zero-order valence-corrected chi connectivity index (χ0v) is 14.6. The fourth-order valence-corrected chi connectivity index (χ4v) is 4.65. The lowest BCUT2D eigenvalue weighted by Crippen LogP contribution is -2.38. The van der Waals surface area contributed by atoms with E-state index in [0.717, 1.165) is 47.2 Å². The summed E-state index contributed by atoms with van der Waals surface area (Å²) in [5, 5.41) is 12.9. The fraction of sp³-hybridized carbons (Fsp3) is 0.562. The minimum absolute atomic E-state index is 0.159. The molecule has 0 aromatic carbocycles. The van der Waals surface area contributed by atoms with E-state index in [0.29, 0.717) is 11.8 Å². The van der Waals surface area contributed by atoms with Crippen LogP contribution in [0.15, 0.2) is 17.5 Å². The smallest absolute Gasteiger partial charge is 0.263 e. The molecule has 1 atom stereocenters.